The molecular weight excluding hydrogens is 256 g/mol. The van der Waals surface area contributed by atoms with Crippen molar-refractivity contribution in [2.75, 3.05) is 13.7 Å². The number of hydrogen-bond donors (Lipinski definition) is 0. The molecule has 0 amide bonds. The van der Waals surface area contributed by atoms with Crippen LogP contribution in [-0.2, 0) is 4.74 Å². The summed E-state index contributed by atoms with van der Waals surface area (Å²) in [5.41, 5.74) is -0.357. The Labute approximate surface area is 107 Å². The van der Waals surface area contributed by atoms with Crippen molar-refractivity contribution in [3.63, 3.8) is 0 Å². The highest BCUT2D eigenvalue weighted by atomic mass is 19.1. The van der Waals surface area contributed by atoms with E-state index in [9.17, 15) is 13.6 Å². The lowest BCUT2D eigenvalue weighted by Gasteiger charge is -2.05. The number of aryl methyl sites for hydroxylation is 1. The van der Waals surface area contributed by atoms with E-state index in [4.69, 9.17) is 0 Å². The van der Waals surface area contributed by atoms with Crippen LogP contribution in [0.3, 0.4) is 0 Å². The average molecular weight is 267 g/mol. The molecule has 0 fully saturated rings. The van der Waals surface area contributed by atoms with Gasteiger partial charge in [0.15, 0.2) is 11.6 Å². The van der Waals surface area contributed by atoms with Crippen LogP contribution in [0.5, 0.6) is 0 Å². The van der Waals surface area contributed by atoms with E-state index in [0.717, 1.165) is 16.8 Å². The van der Waals surface area contributed by atoms with Crippen LogP contribution < -0.4 is 0 Å². The zero-order valence-electron chi connectivity index (χ0n) is 10.4. The number of Topliss-reactive ketones (excluding diaryl/α,β-unsaturated/α-hetero) is 1. The smallest absolute Gasteiger partial charge is 0.227 e. The van der Waals surface area contributed by atoms with E-state index >= 15 is 0 Å². The molecule has 2 rings (SSSR count). The molecule has 0 aliphatic carbocycles. The van der Waals surface area contributed by atoms with Crippen LogP contribution in [0.1, 0.15) is 16.4 Å². The first kappa shape index (κ1) is 13.3. The minimum absolute atomic E-state index is 0.137. The number of methoxy groups -OCH3 is 1. The van der Waals surface area contributed by atoms with Gasteiger partial charge in [-0.1, -0.05) is 6.07 Å². The van der Waals surface area contributed by atoms with Gasteiger partial charge in [-0.2, -0.15) is 0 Å². The van der Waals surface area contributed by atoms with Gasteiger partial charge in [0.25, 0.3) is 0 Å². The fourth-order valence-electron chi connectivity index (χ4n) is 1.61. The standard InChI is InChI=1S/C12H11F2N3O2/c1-7-15-12(10(18)6-19-2)16-17(7)11-8(13)4-3-5-9(11)14/h3-5H,6H2,1-2H3. The van der Waals surface area contributed by atoms with E-state index in [1.54, 1.807) is 0 Å². The predicted molar refractivity (Wildman–Crippen MR) is 62.2 cm³/mol. The topological polar surface area (TPSA) is 57.0 Å². The van der Waals surface area contributed by atoms with Crippen molar-refractivity contribution in [1.29, 1.82) is 0 Å². The third kappa shape index (κ3) is 2.50. The van der Waals surface area contributed by atoms with E-state index in [-0.39, 0.29) is 23.9 Å². The second-order valence-corrected chi connectivity index (χ2v) is 3.82. The molecule has 0 saturated heterocycles. The molecule has 0 aliphatic heterocycles. The third-order valence-corrected chi connectivity index (χ3v) is 2.44. The summed E-state index contributed by atoms with van der Waals surface area (Å²) >= 11 is 0. The summed E-state index contributed by atoms with van der Waals surface area (Å²) in [7, 11) is 1.36. The molecule has 5 nitrogen and oxygen atoms in total. The maximum absolute atomic E-state index is 13.6. The molecule has 1 aromatic heterocycles. The van der Waals surface area contributed by atoms with Crippen molar-refractivity contribution in [3.05, 3.63) is 41.5 Å². The monoisotopic (exact) mass is 267 g/mol. The van der Waals surface area contributed by atoms with Crippen LogP contribution in [0.25, 0.3) is 5.69 Å². The highest BCUT2D eigenvalue weighted by Gasteiger charge is 2.19. The van der Waals surface area contributed by atoms with Gasteiger partial charge < -0.3 is 4.74 Å². The summed E-state index contributed by atoms with van der Waals surface area (Å²) in [5, 5.41) is 3.82. The van der Waals surface area contributed by atoms with Crippen LogP contribution in [0.15, 0.2) is 18.2 Å². The first-order valence-corrected chi connectivity index (χ1v) is 5.44. The van der Waals surface area contributed by atoms with Gasteiger partial charge in [-0.25, -0.2) is 18.4 Å². The lowest BCUT2D eigenvalue weighted by Crippen LogP contribution is -2.10. The summed E-state index contributed by atoms with van der Waals surface area (Å²) in [6, 6.07) is 3.46. The van der Waals surface area contributed by atoms with Gasteiger partial charge in [0, 0.05) is 7.11 Å². The molecule has 1 heterocycles. The van der Waals surface area contributed by atoms with Gasteiger partial charge in [-0.3, -0.25) is 4.79 Å². The number of nitrogens with zero attached hydrogens (tertiary/aromatic N) is 3. The molecule has 2 aromatic rings. The van der Waals surface area contributed by atoms with Gasteiger partial charge in [-0.15, -0.1) is 5.10 Å². The van der Waals surface area contributed by atoms with E-state index in [0.29, 0.717) is 0 Å². The maximum Gasteiger partial charge on any atom is 0.227 e. The Morgan fingerprint density at radius 1 is 1.37 bits per heavy atom. The van der Waals surface area contributed by atoms with Crippen LogP contribution in [0.2, 0.25) is 0 Å². The molecule has 0 aliphatic rings. The van der Waals surface area contributed by atoms with Gasteiger partial charge in [0.2, 0.25) is 11.6 Å². The Kier molecular flexibility index (Phi) is 3.66. The molecular formula is C12H11F2N3O2. The van der Waals surface area contributed by atoms with Crippen molar-refractivity contribution in [1.82, 2.24) is 14.8 Å². The summed E-state index contributed by atoms with van der Waals surface area (Å²) < 4.78 is 32.9. The predicted octanol–water partition coefficient (Wildman–Crippen LogP) is 1.68. The molecule has 0 spiro atoms. The number of carbonyl (C=O) groups is 1. The molecule has 7 heteroatoms. The van der Waals surface area contributed by atoms with Crippen molar-refractivity contribution in [2.45, 2.75) is 6.92 Å². The largest absolute Gasteiger partial charge is 0.376 e. The Balaban J connectivity index is 2.49. The molecule has 0 N–H and O–H groups in total. The first-order chi connectivity index (χ1) is 9.04. The lowest BCUT2D eigenvalue weighted by atomic mass is 10.3. The number of aromatic nitrogens is 3. The number of benzene rings is 1. The molecule has 0 unspecified atom stereocenters. The fraction of sp³-hybridized carbons (Fsp3) is 0.250. The number of ether oxygens (including phenoxy) is 1. The molecule has 0 atom stereocenters. The molecule has 0 saturated carbocycles. The van der Waals surface area contributed by atoms with E-state index in [1.165, 1.54) is 20.1 Å². The minimum atomic E-state index is -0.779. The zero-order valence-corrected chi connectivity index (χ0v) is 10.4. The number of ketones is 1. The fourth-order valence-corrected chi connectivity index (χ4v) is 1.61. The van der Waals surface area contributed by atoms with Gasteiger partial charge in [0.05, 0.1) is 0 Å². The van der Waals surface area contributed by atoms with Gasteiger partial charge in [-0.05, 0) is 19.1 Å². The Bertz CT molecular complexity index is 605. The SMILES string of the molecule is COCC(=O)c1nc(C)n(-c2c(F)cccc2F)n1. The zero-order chi connectivity index (χ0) is 14.0. The maximum atomic E-state index is 13.6. The highest BCUT2D eigenvalue weighted by Crippen LogP contribution is 2.18. The molecule has 1 aromatic carbocycles. The van der Waals surface area contributed by atoms with E-state index in [2.05, 4.69) is 14.8 Å². The second kappa shape index (κ2) is 5.23. The van der Waals surface area contributed by atoms with Crippen molar-refractivity contribution >= 4 is 5.78 Å². The summed E-state index contributed by atoms with van der Waals surface area (Å²) in [6.07, 6.45) is 0. The minimum Gasteiger partial charge on any atom is -0.376 e. The number of hydrogen-bond acceptors (Lipinski definition) is 4. The van der Waals surface area contributed by atoms with Crippen LogP contribution in [0.4, 0.5) is 8.78 Å². The van der Waals surface area contributed by atoms with Gasteiger partial charge >= 0.3 is 0 Å². The lowest BCUT2D eigenvalue weighted by molar-refractivity contribution is 0.0837. The number of rotatable bonds is 4. The van der Waals surface area contributed by atoms with Crippen molar-refractivity contribution in [3.8, 4) is 5.69 Å². The summed E-state index contributed by atoms with van der Waals surface area (Å²) in [4.78, 5) is 15.4. The number of para-hydroxylation sites is 1. The first-order valence-electron chi connectivity index (χ1n) is 5.44. The van der Waals surface area contributed by atoms with Crippen LogP contribution in [0, 0.1) is 18.6 Å². The molecule has 19 heavy (non-hydrogen) atoms. The molecule has 100 valence electrons. The number of carbonyl (C=O) groups excluding carboxylic acids is 1. The van der Waals surface area contributed by atoms with Crippen molar-refractivity contribution in [2.24, 2.45) is 0 Å². The van der Waals surface area contributed by atoms with Crippen LogP contribution in [-0.4, -0.2) is 34.3 Å². The van der Waals surface area contributed by atoms with Gasteiger partial charge in [0.1, 0.15) is 18.1 Å². The van der Waals surface area contributed by atoms with Crippen molar-refractivity contribution < 1.29 is 18.3 Å². The second-order valence-electron chi connectivity index (χ2n) is 3.82. The normalized spacial score (nSPS) is 10.7. The Hall–Kier alpha value is -2.15. The van der Waals surface area contributed by atoms with Crippen LogP contribution >= 0.6 is 0 Å². The summed E-state index contributed by atoms with van der Waals surface area (Å²) in [5.74, 6) is -1.94. The quantitative estimate of drug-likeness (QED) is 0.791. The van der Waals surface area contributed by atoms with E-state index < -0.39 is 17.4 Å². The molecule has 0 radical (unpaired) electrons. The molecule has 0 bridgehead atoms. The Morgan fingerprint density at radius 2 is 2.00 bits per heavy atom. The Morgan fingerprint density at radius 3 is 2.58 bits per heavy atom. The number of halogens is 2. The third-order valence-electron chi connectivity index (χ3n) is 2.44. The highest BCUT2D eigenvalue weighted by molar-refractivity contribution is 5.93. The van der Waals surface area contributed by atoms with E-state index in [1.807, 2.05) is 0 Å². The summed E-state index contributed by atoms with van der Waals surface area (Å²) in [6.45, 7) is 1.31. The average Bonchev–Trinajstić information content (AvgIpc) is 2.72.